The number of fused-ring (bicyclic) bond motifs is 1. The lowest BCUT2D eigenvalue weighted by atomic mass is 9.89. The maximum Gasteiger partial charge on any atom is 0.274 e. The van der Waals surface area contributed by atoms with E-state index in [4.69, 9.17) is 4.84 Å². The minimum atomic E-state index is -0.253. The van der Waals surface area contributed by atoms with E-state index < -0.39 is 0 Å². The lowest BCUT2D eigenvalue weighted by Crippen LogP contribution is -2.26. The number of piperidine rings is 1. The highest BCUT2D eigenvalue weighted by Crippen LogP contribution is 2.31. The number of nitrogens with one attached hydrogen (secondary N) is 2. The molecule has 2 N–H and O–H groups in total. The number of aromatic nitrogens is 2. The third-order valence-corrected chi connectivity index (χ3v) is 6.29. The van der Waals surface area contributed by atoms with Gasteiger partial charge in [-0.05, 0) is 72.8 Å². The molecule has 5 rings (SSSR count). The van der Waals surface area contributed by atoms with Crippen LogP contribution in [-0.4, -0.2) is 28.5 Å². The fourth-order valence-electron chi connectivity index (χ4n) is 4.50. The predicted molar refractivity (Wildman–Crippen MR) is 136 cm³/mol. The van der Waals surface area contributed by atoms with Crippen LogP contribution in [0.15, 0.2) is 79.1 Å². The van der Waals surface area contributed by atoms with Gasteiger partial charge in [-0.3, -0.25) is 9.63 Å². The maximum atomic E-state index is 12.4. The Morgan fingerprint density at radius 3 is 2.53 bits per heavy atom. The molecule has 1 saturated heterocycles. The molecule has 1 amide bonds. The molecule has 0 aliphatic carbocycles. The molecule has 2 aromatic carbocycles. The molecule has 0 radical (unpaired) electrons. The standard InChI is InChI=1S/C27H28N4O2.ClH/c32-27(30-33-19-21-4-2-1-3-5-21)23-8-6-20(7-9-23)18-31-17-13-25-24(12-16-29-26(25)31)22-10-14-28-15-11-22;/h1-9,12-13,16-17,22,28H,10-11,14-15,18-19H2,(H,30,32);1H. The zero-order valence-corrected chi connectivity index (χ0v) is 19.8. The van der Waals surface area contributed by atoms with Gasteiger partial charge in [0.1, 0.15) is 5.65 Å². The number of nitrogens with zero attached hydrogens (tertiary/aromatic N) is 2. The molecule has 0 saturated carbocycles. The van der Waals surface area contributed by atoms with Gasteiger partial charge in [0.25, 0.3) is 5.91 Å². The highest BCUT2D eigenvalue weighted by molar-refractivity contribution is 5.93. The van der Waals surface area contributed by atoms with Crippen molar-refractivity contribution in [2.45, 2.75) is 31.9 Å². The van der Waals surface area contributed by atoms with Gasteiger partial charge in [-0.15, -0.1) is 12.4 Å². The minimum Gasteiger partial charge on any atom is -0.328 e. The summed E-state index contributed by atoms with van der Waals surface area (Å²) < 4.78 is 2.18. The van der Waals surface area contributed by atoms with Crippen LogP contribution in [-0.2, 0) is 18.0 Å². The highest BCUT2D eigenvalue weighted by Gasteiger charge is 2.19. The van der Waals surface area contributed by atoms with Crippen LogP contribution in [0.5, 0.6) is 0 Å². The number of hydroxylamine groups is 1. The van der Waals surface area contributed by atoms with E-state index in [1.54, 1.807) is 0 Å². The highest BCUT2D eigenvalue weighted by atomic mass is 35.5. The molecule has 1 aliphatic heterocycles. The zero-order valence-electron chi connectivity index (χ0n) is 18.9. The molecular formula is C27H29ClN4O2. The van der Waals surface area contributed by atoms with E-state index in [9.17, 15) is 4.79 Å². The number of hydrogen-bond acceptors (Lipinski definition) is 4. The van der Waals surface area contributed by atoms with Gasteiger partial charge in [0.15, 0.2) is 0 Å². The quantitative estimate of drug-likeness (QED) is 0.375. The third kappa shape index (κ3) is 5.47. The number of halogens is 1. The van der Waals surface area contributed by atoms with E-state index in [1.165, 1.54) is 23.8 Å². The minimum absolute atomic E-state index is 0. The summed E-state index contributed by atoms with van der Waals surface area (Å²) in [5, 5.41) is 4.69. The van der Waals surface area contributed by atoms with Crippen molar-refractivity contribution >= 4 is 29.3 Å². The SMILES string of the molecule is Cl.O=C(NOCc1ccccc1)c1ccc(Cn2ccc3c(C4CCNCC4)ccnc32)cc1. The van der Waals surface area contributed by atoms with Crippen molar-refractivity contribution < 1.29 is 9.63 Å². The summed E-state index contributed by atoms with van der Waals surface area (Å²) in [6.07, 6.45) is 6.38. The van der Waals surface area contributed by atoms with Crippen LogP contribution >= 0.6 is 12.4 Å². The summed E-state index contributed by atoms with van der Waals surface area (Å²) in [6, 6.07) is 21.7. The largest absolute Gasteiger partial charge is 0.328 e. The van der Waals surface area contributed by atoms with Gasteiger partial charge >= 0.3 is 0 Å². The van der Waals surface area contributed by atoms with Gasteiger partial charge in [0.2, 0.25) is 0 Å². The summed E-state index contributed by atoms with van der Waals surface area (Å²) >= 11 is 0. The topological polar surface area (TPSA) is 68.2 Å². The Morgan fingerprint density at radius 2 is 1.76 bits per heavy atom. The van der Waals surface area contributed by atoms with E-state index >= 15 is 0 Å². The molecule has 0 bridgehead atoms. The number of rotatable bonds is 7. The number of carbonyl (C=O) groups is 1. The zero-order chi connectivity index (χ0) is 22.5. The average Bonchev–Trinajstić information content (AvgIpc) is 3.28. The Hall–Kier alpha value is -3.19. The van der Waals surface area contributed by atoms with Gasteiger partial charge in [0, 0.05) is 29.9 Å². The van der Waals surface area contributed by atoms with Crippen LogP contribution in [0, 0.1) is 0 Å². The van der Waals surface area contributed by atoms with Crippen molar-refractivity contribution in [3.8, 4) is 0 Å². The lowest BCUT2D eigenvalue weighted by molar-refractivity contribution is 0.0233. The molecule has 2 aromatic heterocycles. The summed E-state index contributed by atoms with van der Waals surface area (Å²) in [7, 11) is 0. The molecule has 7 heteroatoms. The first kappa shape index (κ1) is 24.0. The Balaban J connectivity index is 0.00000274. The van der Waals surface area contributed by atoms with Gasteiger partial charge in [-0.1, -0.05) is 42.5 Å². The van der Waals surface area contributed by atoms with Crippen LogP contribution < -0.4 is 10.8 Å². The van der Waals surface area contributed by atoms with Crippen LogP contribution in [0.1, 0.15) is 45.8 Å². The summed E-state index contributed by atoms with van der Waals surface area (Å²) in [6.45, 7) is 3.19. The molecule has 0 spiro atoms. The Labute approximate surface area is 205 Å². The molecule has 4 aromatic rings. The fraction of sp³-hybridized carbons (Fsp3) is 0.259. The number of hydrogen-bond donors (Lipinski definition) is 2. The normalized spacial score (nSPS) is 14.0. The molecule has 6 nitrogen and oxygen atoms in total. The summed E-state index contributed by atoms with van der Waals surface area (Å²) in [5.74, 6) is 0.340. The van der Waals surface area contributed by atoms with E-state index in [-0.39, 0.29) is 18.3 Å². The van der Waals surface area contributed by atoms with Crippen molar-refractivity contribution in [1.82, 2.24) is 20.3 Å². The lowest BCUT2D eigenvalue weighted by Gasteiger charge is -2.23. The summed E-state index contributed by atoms with van der Waals surface area (Å²) in [4.78, 5) is 22.4. The molecule has 1 aliphatic rings. The second kappa shape index (κ2) is 11.3. The predicted octanol–water partition coefficient (Wildman–Crippen LogP) is 4.84. The summed E-state index contributed by atoms with van der Waals surface area (Å²) in [5.41, 5.74) is 7.62. The first-order valence-electron chi connectivity index (χ1n) is 11.5. The van der Waals surface area contributed by atoms with Gasteiger partial charge in [-0.2, -0.15) is 0 Å². The number of amides is 1. The van der Waals surface area contributed by atoms with Gasteiger partial charge in [0.05, 0.1) is 6.61 Å². The maximum absolute atomic E-state index is 12.4. The van der Waals surface area contributed by atoms with Crippen molar-refractivity contribution in [3.05, 3.63) is 101 Å². The second-order valence-electron chi connectivity index (χ2n) is 8.51. The molecule has 176 valence electrons. The van der Waals surface area contributed by atoms with Crippen LogP contribution in [0.4, 0.5) is 0 Å². The van der Waals surface area contributed by atoms with E-state index in [0.29, 0.717) is 24.6 Å². The second-order valence-corrected chi connectivity index (χ2v) is 8.51. The first-order valence-corrected chi connectivity index (χ1v) is 11.5. The first-order chi connectivity index (χ1) is 16.3. The van der Waals surface area contributed by atoms with E-state index in [0.717, 1.165) is 29.9 Å². The molecule has 34 heavy (non-hydrogen) atoms. The van der Waals surface area contributed by atoms with Gasteiger partial charge in [-0.25, -0.2) is 10.5 Å². The van der Waals surface area contributed by atoms with Crippen molar-refractivity contribution in [2.24, 2.45) is 0 Å². The molecule has 3 heterocycles. The van der Waals surface area contributed by atoms with Crippen LogP contribution in [0.25, 0.3) is 11.0 Å². The Morgan fingerprint density at radius 1 is 1.00 bits per heavy atom. The molecule has 1 fully saturated rings. The van der Waals surface area contributed by atoms with Crippen molar-refractivity contribution in [3.63, 3.8) is 0 Å². The Kier molecular flexibility index (Phi) is 7.95. The third-order valence-electron chi connectivity index (χ3n) is 6.29. The number of benzene rings is 2. The fourth-order valence-corrected chi connectivity index (χ4v) is 4.50. The van der Waals surface area contributed by atoms with Crippen LogP contribution in [0.3, 0.4) is 0 Å². The number of pyridine rings is 1. The molecule has 0 unspecified atom stereocenters. The van der Waals surface area contributed by atoms with Gasteiger partial charge < -0.3 is 9.88 Å². The Bertz CT molecular complexity index is 1220. The van der Waals surface area contributed by atoms with Crippen molar-refractivity contribution in [1.29, 1.82) is 0 Å². The average molecular weight is 477 g/mol. The number of carbonyl (C=O) groups excluding carboxylic acids is 1. The smallest absolute Gasteiger partial charge is 0.274 e. The van der Waals surface area contributed by atoms with Crippen LogP contribution in [0.2, 0.25) is 0 Å². The van der Waals surface area contributed by atoms with Crippen molar-refractivity contribution in [2.75, 3.05) is 13.1 Å². The monoisotopic (exact) mass is 476 g/mol. The van der Waals surface area contributed by atoms with E-state index in [1.807, 2.05) is 60.8 Å². The van der Waals surface area contributed by atoms with E-state index in [2.05, 4.69) is 38.7 Å². The molecular weight excluding hydrogens is 448 g/mol. The molecule has 0 atom stereocenters.